The molecule has 10 nitrogen and oxygen atoms in total. The molecule has 0 radical (unpaired) electrons. The summed E-state index contributed by atoms with van der Waals surface area (Å²) < 4.78 is 0. The zero-order chi connectivity index (χ0) is 23.2. The van der Waals surface area contributed by atoms with Gasteiger partial charge in [0.15, 0.2) is 0 Å². The second-order valence-electron chi connectivity index (χ2n) is 7.15. The fraction of sp³-hybridized carbons (Fsp3) is 0.0870. The highest BCUT2D eigenvalue weighted by molar-refractivity contribution is 6.01. The van der Waals surface area contributed by atoms with Crippen molar-refractivity contribution in [3.05, 3.63) is 106 Å². The number of nitrogens with zero attached hydrogens (tertiary/aromatic N) is 6. The molecule has 1 aromatic heterocycles. The first-order chi connectivity index (χ1) is 16.0. The summed E-state index contributed by atoms with van der Waals surface area (Å²) in [5, 5.41) is 27.4. The number of hydrazone groups is 1. The molecular formula is C23H19N7O3. The molecular weight excluding hydrogens is 422 g/mol. The summed E-state index contributed by atoms with van der Waals surface area (Å²) in [7, 11) is 0. The Morgan fingerprint density at radius 3 is 2.33 bits per heavy atom. The SMILES string of the molecule is CC(=NNC(=O)c1ccc(Cn2nnc(-c3ccccc3)n2)cc1)c1ccc([N+](=O)[O-])cc1. The van der Waals surface area contributed by atoms with Crippen molar-refractivity contribution in [2.75, 3.05) is 0 Å². The summed E-state index contributed by atoms with van der Waals surface area (Å²) in [4.78, 5) is 24.2. The number of tetrazole rings is 1. The number of hydrogen-bond acceptors (Lipinski definition) is 7. The summed E-state index contributed by atoms with van der Waals surface area (Å²) in [5.74, 6) is 0.181. The Morgan fingerprint density at radius 1 is 1.00 bits per heavy atom. The van der Waals surface area contributed by atoms with Gasteiger partial charge in [-0.05, 0) is 47.5 Å². The van der Waals surface area contributed by atoms with E-state index in [0.29, 0.717) is 29.2 Å². The van der Waals surface area contributed by atoms with Gasteiger partial charge in [0, 0.05) is 23.3 Å². The Hall–Kier alpha value is -4.73. The highest BCUT2D eigenvalue weighted by Gasteiger charge is 2.09. The van der Waals surface area contributed by atoms with Crippen LogP contribution >= 0.6 is 0 Å². The second-order valence-corrected chi connectivity index (χ2v) is 7.15. The number of aromatic nitrogens is 4. The Kier molecular flexibility index (Phi) is 6.26. The molecule has 0 aliphatic carbocycles. The van der Waals surface area contributed by atoms with Crippen LogP contribution in [0, 0.1) is 10.1 Å². The molecule has 3 aromatic carbocycles. The maximum Gasteiger partial charge on any atom is 0.271 e. The molecule has 1 amide bonds. The molecule has 0 saturated carbocycles. The monoisotopic (exact) mass is 441 g/mol. The molecule has 164 valence electrons. The fourth-order valence-electron chi connectivity index (χ4n) is 3.03. The number of rotatable bonds is 7. The molecule has 0 fully saturated rings. The number of nitro benzene ring substituents is 1. The third-order valence-electron chi connectivity index (χ3n) is 4.85. The van der Waals surface area contributed by atoms with E-state index in [4.69, 9.17) is 0 Å². The maximum atomic E-state index is 12.4. The van der Waals surface area contributed by atoms with Gasteiger partial charge in [0.1, 0.15) is 0 Å². The molecule has 0 unspecified atom stereocenters. The zero-order valence-electron chi connectivity index (χ0n) is 17.6. The lowest BCUT2D eigenvalue weighted by molar-refractivity contribution is -0.384. The van der Waals surface area contributed by atoms with E-state index in [0.717, 1.165) is 11.1 Å². The Bertz CT molecular complexity index is 1300. The van der Waals surface area contributed by atoms with Crippen molar-refractivity contribution in [2.45, 2.75) is 13.5 Å². The number of nitro groups is 1. The first kappa shape index (κ1) is 21.5. The standard InChI is InChI=1S/C23H19N7O3/c1-16(18-11-13-21(14-12-18)30(32)33)24-26-23(31)20-9-7-17(8-10-20)15-29-27-22(25-28-29)19-5-3-2-4-6-19/h2-14H,15H2,1H3,(H,26,31). The maximum absolute atomic E-state index is 12.4. The molecule has 4 aromatic rings. The summed E-state index contributed by atoms with van der Waals surface area (Å²) in [6, 6.07) is 22.5. The molecule has 0 bridgehead atoms. The van der Waals surface area contributed by atoms with Crippen molar-refractivity contribution in [2.24, 2.45) is 5.10 Å². The predicted molar refractivity (Wildman–Crippen MR) is 122 cm³/mol. The minimum atomic E-state index is -0.469. The molecule has 0 aliphatic rings. The predicted octanol–water partition coefficient (Wildman–Crippen LogP) is 3.45. The van der Waals surface area contributed by atoms with Crippen LogP contribution < -0.4 is 5.43 Å². The quantitative estimate of drug-likeness (QED) is 0.266. The average Bonchev–Trinajstić information content (AvgIpc) is 3.32. The average molecular weight is 441 g/mol. The third-order valence-corrected chi connectivity index (χ3v) is 4.85. The van der Waals surface area contributed by atoms with Crippen LogP contribution in [0.4, 0.5) is 5.69 Å². The van der Waals surface area contributed by atoms with Crippen LogP contribution in [0.5, 0.6) is 0 Å². The van der Waals surface area contributed by atoms with E-state index in [9.17, 15) is 14.9 Å². The molecule has 0 aliphatic heterocycles. The van der Waals surface area contributed by atoms with E-state index >= 15 is 0 Å². The van der Waals surface area contributed by atoms with E-state index in [1.165, 1.54) is 16.9 Å². The van der Waals surface area contributed by atoms with Crippen molar-refractivity contribution in [1.29, 1.82) is 0 Å². The number of nitrogens with one attached hydrogen (secondary N) is 1. The number of benzene rings is 3. The first-order valence-electron chi connectivity index (χ1n) is 10.0. The molecule has 1 heterocycles. The van der Waals surface area contributed by atoms with Crippen LogP contribution in [-0.2, 0) is 6.54 Å². The molecule has 33 heavy (non-hydrogen) atoms. The van der Waals surface area contributed by atoms with Gasteiger partial charge in [-0.25, -0.2) is 5.43 Å². The highest BCUT2D eigenvalue weighted by atomic mass is 16.6. The molecule has 10 heteroatoms. The normalized spacial score (nSPS) is 11.2. The van der Waals surface area contributed by atoms with E-state index in [2.05, 4.69) is 25.9 Å². The lowest BCUT2D eigenvalue weighted by Crippen LogP contribution is -2.19. The van der Waals surface area contributed by atoms with Gasteiger partial charge in [-0.15, -0.1) is 10.2 Å². The minimum Gasteiger partial charge on any atom is -0.267 e. The number of carbonyl (C=O) groups excluding carboxylic acids is 1. The summed E-state index contributed by atoms with van der Waals surface area (Å²) in [6.07, 6.45) is 0. The van der Waals surface area contributed by atoms with E-state index in [1.807, 2.05) is 42.5 Å². The summed E-state index contributed by atoms with van der Waals surface area (Å²) in [6.45, 7) is 2.12. The molecule has 0 spiro atoms. The van der Waals surface area contributed by atoms with Gasteiger partial charge < -0.3 is 0 Å². The largest absolute Gasteiger partial charge is 0.271 e. The Labute approximate surface area is 188 Å². The summed E-state index contributed by atoms with van der Waals surface area (Å²) in [5.41, 5.74) is 5.94. The van der Waals surface area contributed by atoms with Crippen molar-refractivity contribution in [3.63, 3.8) is 0 Å². The van der Waals surface area contributed by atoms with Crippen molar-refractivity contribution in [1.82, 2.24) is 25.6 Å². The van der Waals surface area contributed by atoms with Gasteiger partial charge in [0.05, 0.1) is 17.2 Å². The van der Waals surface area contributed by atoms with Crippen LogP contribution in [0.3, 0.4) is 0 Å². The Morgan fingerprint density at radius 2 is 1.67 bits per heavy atom. The van der Waals surface area contributed by atoms with Gasteiger partial charge in [0.2, 0.25) is 5.82 Å². The lowest BCUT2D eigenvalue weighted by atomic mass is 10.1. The highest BCUT2D eigenvalue weighted by Crippen LogP contribution is 2.14. The Balaban J connectivity index is 1.36. The molecule has 0 saturated heterocycles. The van der Waals surface area contributed by atoms with Crippen LogP contribution in [0.25, 0.3) is 11.4 Å². The van der Waals surface area contributed by atoms with E-state index in [1.54, 1.807) is 31.2 Å². The van der Waals surface area contributed by atoms with Crippen LogP contribution in [0.15, 0.2) is 84.0 Å². The van der Waals surface area contributed by atoms with E-state index < -0.39 is 4.92 Å². The first-order valence-corrected chi connectivity index (χ1v) is 10.0. The second kappa shape index (κ2) is 9.60. The van der Waals surface area contributed by atoms with Crippen molar-refractivity contribution >= 4 is 17.3 Å². The van der Waals surface area contributed by atoms with Crippen LogP contribution in [-0.4, -0.2) is 36.7 Å². The smallest absolute Gasteiger partial charge is 0.267 e. The number of non-ortho nitro benzene ring substituents is 1. The number of hydrogen-bond donors (Lipinski definition) is 1. The van der Waals surface area contributed by atoms with Crippen molar-refractivity contribution in [3.8, 4) is 11.4 Å². The minimum absolute atomic E-state index is 0.00643. The lowest BCUT2D eigenvalue weighted by Gasteiger charge is -2.05. The van der Waals surface area contributed by atoms with Gasteiger partial charge in [-0.2, -0.15) is 9.90 Å². The van der Waals surface area contributed by atoms with Gasteiger partial charge in [0.25, 0.3) is 11.6 Å². The van der Waals surface area contributed by atoms with E-state index in [-0.39, 0.29) is 11.6 Å². The van der Waals surface area contributed by atoms with Crippen LogP contribution in [0.1, 0.15) is 28.4 Å². The summed E-state index contributed by atoms with van der Waals surface area (Å²) >= 11 is 0. The molecule has 1 N–H and O–H groups in total. The van der Waals surface area contributed by atoms with Gasteiger partial charge in [-0.1, -0.05) is 42.5 Å². The molecule has 4 rings (SSSR count). The van der Waals surface area contributed by atoms with Gasteiger partial charge in [-0.3, -0.25) is 14.9 Å². The van der Waals surface area contributed by atoms with Crippen LogP contribution in [0.2, 0.25) is 0 Å². The fourth-order valence-corrected chi connectivity index (χ4v) is 3.03. The van der Waals surface area contributed by atoms with Gasteiger partial charge >= 0.3 is 0 Å². The molecule has 0 atom stereocenters. The topological polar surface area (TPSA) is 128 Å². The third kappa shape index (κ3) is 5.31. The van der Waals surface area contributed by atoms with Crippen molar-refractivity contribution < 1.29 is 9.72 Å². The number of carbonyl (C=O) groups is 1. The zero-order valence-corrected chi connectivity index (χ0v) is 17.6. The number of amides is 1.